The van der Waals surface area contributed by atoms with Crippen molar-refractivity contribution in [1.82, 2.24) is 0 Å². The molecule has 0 saturated heterocycles. The van der Waals surface area contributed by atoms with Gasteiger partial charge in [0.15, 0.2) is 5.60 Å². The summed E-state index contributed by atoms with van der Waals surface area (Å²) in [5.41, 5.74) is -3.21. The highest BCUT2D eigenvalue weighted by molar-refractivity contribution is 5.88. The lowest BCUT2D eigenvalue weighted by Gasteiger charge is -2.32. The number of carbonyl (C=O) groups excluding carboxylic acids is 1. The van der Waals surface area contributed by atoms with Crippen LogP contribution in [0.2, 0.25) is 0 Å². The maximum absolute atomic E-state index is 12.7. The fraction of sp³-hybridized carbons (Fsp3) is 0.471. The first-order valence-electron chi connectivity index (χ1n) is 7.17. The number of aliphatic hydroxyl groups is 1. The molecule has 0 aliphatic rings. The van der Waals surface area contributed by atoms with Gasteiger partial charge in [-0.25, -0.2) is 4.79 Å². The van der Waals surface area contributed by atoms with E-state index in [1.807, 2.05) is 0 Å². The fourth-order valence-electron chi connectivity index (χ4n) is 1.60. The molecule has 0 bridgehead atoms. The van der Waals surface area contributed by atoms with Crippen molar-refractivity contribution in [3.05, 3.63) is 42.0 Å². The van der Waals surface area contributed by atoms with Gasteiger partial charge in [0.25, 0.3) is 0 Å². The van der Waals surface area contributed by atoms with Crippen molar-refractivity contribution in [2.75, 3.05) is 6.61 Å². The Morgan fingerprint density at radius 1 is 1.17 bits per heavy atom. The van der Waals surface area contributed by atoms with E-state index in [-0.39, 0.29) is 11.3 Å². The van der Waals surface area contributed by atoms with Gasteiger partial charge in [-0.3, -0.25) is 0 Å². The Morgan fingerprint density at radius 2 is 1.67 bits per heavy atom. The number of benzene rings is 1. The van der Waals surface area contributed by atoms with E-state index < -0.39 is 30.0 Å². The molecule has 24 heavy (non-hydrogen) atoms. The first-order valence-corrected chi connectivity index (χ1v) is 7.17. The molecular formula is C17H21F3O4. The summed E-state index contributed by atoms with van der Waals surface area (Å²) in [6.07, 6.45) is -4.79. The lowest BCUT2D eigenvalue weighted by Crippen LogP contribution is -2.47. The van der Waals surface area contributed by atoms with Crippen LogP contribution in [0.1, 0.15) is 33.3 Å². The van der Waals surface area contributed by atoms with E-state index in [0.717, 1.165) is 0 Å². The fourth-order valence-corrected chi connectivity index (χ4v) is 1.60. The molecule has 0 aliphatic heterocycles. The second kappa shape index (κ2) is 6.94. The summed E-state index contributed by atoms with van der Waals surface area (Å²) in [7, 11) is 0. The molecule has 0 saturated carbocycles. The minimum Gasteiger partial charge on any atom is -0.423 e. The molecule has 4 nitrogen and oxygen atoms in total. The van der Waals surface area contributed by atoms with Gasteiger partial charge in [-0.15, -0.1) is 0 Å². The number of halogens is 3. The molecule has 1 rings (SSSR count). The monoisotopic (exact) mass is 346 g/mol. The SMILES string of the molecule is C=C(C)C(=O)Oc1ccc(C(C)(C)OCC(C)(O)C(F)(F)F)cc1. The van der Waals surface area contributed by atoms with E-state index in [9.17, 15) is 23.1 Å². The van der Waals surface area contributed by atoms with Crippen molar-refractivity contribution < 1.29 is 32.5 Å². The van der Waals surface area contributed by atoms with Gasteiger partial charge >= 0.3 is 12.1 Å². The highest BCUT2D eigenvalue weighted by Gasteiger charge is 2.50. The zero-order valence-electron chi connectivity index (χ0n) is 14.0. The second-order valence-electron chi connectivity index (χ2n) is 6.26. The molecule has 1 N–H and O–H groups in total. The van der Waals surface area contributed by atoms with Crippen LogP contribution in [0.25, 0.3) is 0 Å². The summed E-state index contributed by atoms with van der Waals surface area (Å²) in [5, 5.41) is 9.44. The Balaban J connectivity index is 2.81. The third-order valence-electron chi connectivity index (χ3n) is 3.43. The first kappa shape index (κ1) is 20.2. The number of hydrogen-bond acceptors (Lipinski definition) is 4. The Morgan fingerprint density at radius 3 is 2.08 bits per heavy atom. The molecule has 0 heterocycles. The van der Waals surface area contributed by atoms with Crippen molar-refractivity contribution in [3.63, 3.8) is 0 Å². The molecule has 7 heteroatoms. The van der Waals surface area contributed by atoms with Gasteiger partial charge in [0.2, 0.25) is 0 Å². The Kier molecular flexibility index (Phi) is 5.84. The van der Waals surface area contributed by atoms with E-state index in [2.05, 4.69) is 6.58 Å². The molecule has 1 unspecified atom stereocenters. The third-order valence-corrected chi connectivity index (χ3v) is 3.43. The van der Waals surface area contributed by atoms with Gasteiger partial charge in [0.1, 0.15) is 5.75 Å². The van der Waals surface area contributed by atoms with Crippen LogP contribution < -0.4 is 4.74 Å². The van der Waals surface area contributed by atoms with Crippen molar-refractivity contribution in [3.8, 4) is 5.75 Å². The van der Waals surface area contributed by atoms with Gasteiger partial charge in [-0.05, 0) is 45.4 Å². The third kappa shape index (κ3) is 5.07. The molecule has 0 fully saturated rings. The highest BCUT2D eigenvalue weighted by Crippen LogP contribution is 2.33. The van der Waals surface area contributed by atoms with Crippen LogP contribution in [0.15, 0.2) is 36.4 Å². The largest absolute Gasteiger partial charge is 0.423 e. The van der Waals surface area contributed by atoms with Gasteiger partial charge < -0.3 is 14.6 Å². The number of rotatable bonds is 6. The maximum atomic E-state index is 12.7. The van der Waals surface area contributed by atoms with Crippen LogP contribution in [-0.4, -0.2) is 29.5 Å². The van der Waals surface area contributed by atoms with E-state index in [0.29, 0.717) is 12.5 Å². The van der Waals surface area contributed by atoms with Gasteiger partial charge in [-0.2, -0.15) is 13.2 Å². The average molecular weight is 346 g/mol. The van der Waals surface area contributed by atoms with E-state index >= 15 is 0 Å². The van der Waals surface area contributed by atoms with Crippen LogP contribution in [0.4, 0.5) is 13.2 Å². The molecule has 1 aromatic rings. The molecule has 1 atom stereocenters. The van der Waals surface area contributed by atoms with Gasteiger partial charge in [0.05, 0.1) is 12.2 Å². The predicted molar refractivity (Wildman–Crippen MR) is 82.5 cm³/mol. The summed E-state index contributed by atoms with van der Waals surface area (Å²) in [6, 6.07) is 6.15. The summed E-state index contributed by atoms with van der Waals surface area (Å²) in [5.74, 6) is -0.288. The van der Waals surface area contributed by atoms with Crippen LogP contribution in [-0.2, 0) is 15.1 Å². The van der Waals surface area contributed by atoms with E-state index in [1.165, 1.54) is 19.1 Å². The van der Waals surface area contributed by atoms with Gasteiger partial charge in [-0.1, -0.05) is 18.7 Å². The Bertz CT molecular complexity index is 601. The van der Waals surface area contributed by atoms with Crippen LogP contribution >= 0.6 is 0 Å². The number of alkyl halides is 3. The van der Waals surface area contributed by atoms with Crippen LogP contribution in [0.3, 0.4) is 0 Å². The van der Waals surface area contributed by atoms with Crippen LogP contribution in [0, 0.1) is 0 Å². The zero-order chi connectivity index (χ0) is 18.8. The molecule has 0 aliphatic carbocycles. The summed E-state index contributed by atoms with van der Waals surface area (Å²) >= 11 is 0. The van der Waals surface area contributed by atoms with Crippen molar-refractivity contribution in [1.29, 1.82) is 0 Å². The molecule has 0 radical (unpaired) electrons. The highest BCUT2D eigenvalue weighted by atomic mass is 19.4. The smallest absolute Gasteiger partial charge is 0.419 e. The minimum atomic E-state index is -4.79. The molecule has 1 aromatic carbocycles. The number of ether oxygens (including phenoxy) is 2. The van der Waals surface area contributed by atoms with Crippen LogP contribution in [0.5, 0.6) is 5.75 Å². The van der Waals surface area contributed by atoms with Crippen molar-refractivity contribution in [2.45, 2.75) is 45.1 Å². The normalized spacial score (nSPS) is 14.8. The first-order chi connectivity index (χ1) is 10.8. The Hall–Kier alpha value is -1.86. The molecule has 0 aromatic heterocycles. The predicted octanol–water partition coefficient (Wildman–Crippen LogP) is 3.73. The molecule has 0 spiro atoms. The average Bonchev–Trinajstić information content (AvgIpc) is 2.44. The van der Waals surface area contributed by atoms with E-state index in [4.69, 9.17) is 9.47 Å². The van der Waals surface area contributed by atoms with Crippen molar-refractivity contribution in [2.24, 2.45) is 0 Å². The summed E-state index contributed by atoms with van der Waals surface area (Å²) in [4.78, 5) is 11.4. The lowest BCUT2D eigenvalue weighted by atomic mass is 9.97. The Labute approximate surface area is 138 Å². The topological polar surface area (TPSA) is 55.8 Å². The second-order valence-corrected chi connectivity index (χ2v) is 6.26. The molecule has 134 valence electrons. The minimum absolute atomic E-state index is 0.247. The number of hydrogen-bond donors (Lipinski definition) is 1. The molecule has 0 amide bonds. The maximum Gasteiger partial charge on any atom is 0.419 e. The zero-order valence-corrected chi connectivity index (χ0v) is 14.0. The molecular weight excluding hydrogens is 325 g/mol. The van der Waals surface area contributed by atoms with Crippen molar-refractivity contribution >= 4 is 5.97 Å². The standard InChI is InChI=1S/C17H21F3O4/c1-11(2)14(21)24-13-8-6-12(7-9-13)15(3,4)23-10-16(5,22)17(18,19)20/h6-9,22H,1,10H2,2-5H3. The lowest BCUT2D eigenvalue weighted by molar-refractivity contribution is -0.276. The van der Waals surface area contributed by atoms with Gasteiger partial charge in [0, 0.05) is 5.57 Å². The number of carbonyl (C=O) groups is 1. The van der Waals surface area contributed by atoms with E-state index in [1.54, 1.807) is 26.0 Å². The quantitative estimate of drug-likeness (QED) is 0.484. The summed E-state index contributed by atoms with van der Waals surface area (Å²) in [6.45, 7) is 7.88. The number of esters is 1. The summed E-state index contributed by atoms with van der Waals surface area (Å²) < 4.78 is 48.3.